The number of hydrogen-bond acceptors (Lipinski definition) is 2. The van der Waals surface area contributed by atoms with Crippen LogP contribution in [0.25, 0.3) is 0 Å². The first-order valence-electron chi connectivity index (χ1n) is 6.61. The molecule has 2 aromatic carbocycles. The zero-order valence-corrected chi connectivity index (χ0v) is 12.9. The molecule has 0 unspecified atom stereocenters. The molecule has 0 aliphatic heterocycles. The summed E-state index contributed by atoms with van der Waals surface area (Å²) in [7, 11) is 0. The predicted octanol–water partition coefficient (Wildman–Crippen LogP) is 4.67. The molecule has 0 aliphatic rings. The Bertz CT molecular complexity index is 568. The molecule has 0 heterocycles. The number of benzene rings is 2. The summed E-state index contributed by atoms with van der Waals surface area (Å²) in [5.74, 6) is 0.932. The van der Waals surface area contributed by atoms with Gasteiger partial charge in [-0.05, 0) is 46.1 Å². The lowest BCUT2D eigenvalue weighted by Gasteiger charge is -2.12. The predicted molar refractivity (Wildman–Crippen MR) is 88.5 cm³/mol. The average Bonchev–Trinajstić information content (AvgIpc) is 2.47. The summed E-state index contributed by atoms with van der Waals surface area (Å²) in [6, 6.07) is 16.1. The molecule has 0 spiro atoms. The fraction of sp³-hybridized carbons (Fsp3) is 0.176. The van der Waals surface area contributed by atoms with E-state index in [-0.39, 0.29) is 0 Å². The zero-order valence-electron chi connectivity index (χ0n) is 11.3. The van der Waals surface area contributed by atoms with E-state index < -0.39 is 0 Å². The number of anilines is 1. The van der Waals surface area contributed by atoms with Crippen molar-refractivity contribution in [3.8, 4) is 5.75 Å². The Balaban J connectivity index is 1.84. The van der Waals surface area contributed by atoms with E-state index in [2.05, 4.69) is 33.9 Å². The van der Waals surface area contributed by atoms with E-state index in [9.17, 15) is 0 Å². The highest BCUT2D eigenvalue weighted by Crippen LogP contribution is 2.21. The van der Waals surface area contributed by atoms with Crippen LogP contribution in [-0.4, -0.2) is 13.2 Å². The van der Waals surface area contributed by atoms with Gasteiger partial charge in [-0.3, -0.25) is 0 Å². The van der Waals surface area contributed by atoms with E-state index >= 15 is 0 Å². The van der Waals surface area contributed by atoms with Crippen LogP contribution in [0.15, 0.2) is 65.7 Å². The summed E-state index contributed by atoms with van der Waals surface area (Å²) < 4.78 is 6.89. The first-order chi connectivity index (χ1) is 9.81. The van der Waals surface area contributed by atoms with Gasteiger partial charge in [0, 0.05) is 16.7 Å². The van der Waals surface area contributed by atoms with Crippen molar-refractivity contribution in [2.45, 2.75) is 6.42 Å². The highest BCUT2D eigenvalue weighted by molar-refractivity contribution is 9.10. The number of para-hydroxylation sites is 2. The maximum Gasteiger partial charge on any atom is 0.122 e. The quantitative estimate of drug-likeness (QED) is 0.588. The van der Waals surface area contributed by atoms with E-state index in [1.807, 2.05) is 48.5 Å². The standard InChI is InChI=1S/C17H18BrNO/c1-2-7-14-8-3-6-11-17(14)20-13-12-19-16-10-5-4-9-15(16)18/h2-6,8-11,19H,1,7,12-13H2. The smallest absolute Gasteiger partial charge is 0.122 e. The first kappa shape index (κ1) is 14.7. The minimum absolute atomic E-state index is 0.621. The van der Waals surface area contributed by atoms with Crippen molar-refractivity contribution < 1.29 is 4.74 Å². The second-order valence-electron chi connectivity index (χ2n) is 4.36. The fourth-order valence-corrected chi connectivity index (χ4v) is 2.34. The van der Waals surface area contributed by atoms with E-state index in [0.717, 1.165) is 28.9 Å². The van der Waals surface area contributed by atoms with Gasteiger partial charge in [-0.15, -0.1) is 6.58 Å². The van der Waals surface area contributed by atoms with Crippen LogP contribution in [0.1, 0.15) is 5.56 Å². The molecule has 0 amide bonds. The Kier molecular flexibility index (Phi) is 5.69. The lowest BCUT2D eigenvalue weighted by Crippen LogP contribution is -2.12. The highest BCUT2D eigenvalue weighted by Gasteiger charge is 2.01. The molecule has 0 aromatic heterocycles. The molecule has 0 bridgehead atoms. The molecular formula is C17H18BrNO. The largest absolute Gasteiger partial charge is 0.491 e. The van der Waals surface area contributed by atoms with Crippen LogP contribution in [0.3, 0.4) is 0 Å². The Morgan fingerprint density at radius 2 is 1.85 bits per heavy atom. The normalized spacial score (nSPS) is 10.1. The third-order valence-corrected chi connectivity index (χ3v) is 3.58. The SMILES string of the molecule is C=CCc1ccccc1OCCNc1ccccc1Br. The van der Waals surface area contributed by atoms with Gasteiger partial charge in [0.25, 0.3) is 0 Å². The Morgan fingerprint density at radius 1 is 1.10 bits per heavy atom. The lowest BCUT2D eigenvalue weighted by molar-refractivity contribution is 0.330. The molecule has 2 nitrogen and oxygen atoms in total. The van der Waals surface area contributed by atoms with Crippen molar-refractivity contribution in [2.75, 3.05) is 18.5 Å². The van der Waals surface area contributed by atoms with E-state index in [0.29, 0.717) is 6.61 Å². The molecule has 0 fully saturated rings. The fourth-order valence-electron chi connectivity index (χ4n) is 1.92. The Labute approximate surface area is 128 Å². The minimum atomic E-state index is 0.621. The van der Waals surface area contributed by atoms with Gasteiger partial charge < -0.3 is 10.1 Å². The Hall–Kier alpha value is -1.74. The van der Waals surface area contributed by atoms with Gasteiger partial charge in [0.2, 0.25) is 0 Å². The van der Waals surface area contributed by atoms with Gasteiger partial charge in [0.05, 0.1) is 0 Å². The molecule has 20 heavy (non-hydrogen) atoms. The molecule has 0 atom stereocenters. The Morgan fingerprint density at radius 3 is 2.65 bits per heavy atom. The second kappa shape index (κ2) is 7.75. The number of rotatable bonds is 7. The number of ether oxygens (including phenoxy) is 1. The van der Waals surface area contributed by atoms with Crippen LogP contribution in [0.2, 0.25) is 0 Å². The van der Waals surface area contributed by atoms with Gasteiger partial charge in [0.15, 0.2) is 0 Å². The van der Waals surface area contributed by atoms with Crippen LogP contribution < -0.4 is 10.1 Å². The summed E-state index contributed by atoms with van der Waals surface area (Å²) in [5, 5.41) is 3.34. The summed E-state index contributed by atoms with van der Waals surface area (Å²) in [6.45, 7) is 5.15. The number of allylic oxidation sites excluding steroid dienone is 1. The zero-order chi connectivity index (χ0) is 14.2. The van der Waals surface area contributed by atoms with E-state index in [4.69, 9.17) is 4.74 Å². The molecule has 0 saturated heterocycles. The molecule has 0 saturated carbocycles. The van der Waals surface area contributed by atoms with E-state index in [1.165, 1.54) is 5.56 Å². The third-order valence-electron chi connectivity index (χ3n) is 2.89. The third kappa shape index (κ3) is 4.14. The van der Waals surface area contributed by atoms with Gasteiger partial charge >= 0.3 is 0 Å². The van der Waals surface area contributed by atoms with Crippen LogP contribution in [-0.2, 0) is 6.42 Å². The molecule has 3 heteroatoms. The van der Waals surface area contributed by atoms with Gasteiger partial charge in [-0.2, -0.15) is 0 Å². The van der Waals surface area contributed by atoms with Crippen LogP contribution >= 0.6 is 15.9 Å². The number of nitrogens with one attached hydrogen (secondary N) is 1. The van der Waals surface area contributed by atoms with Crippen molar-refractivity contribution in [3.63, 3.8) is 0 Å². The summed E-state index contributed by atoms with van der Waals surface area (Å²) >= 11 is 3.51. The summed E-state index contributed by atoms with van der Waals surface area (Å²) in [5.41, 5.74) is 2.25. The molecule has 104 valence electrons. The minimum Gasteiger partial charge on any atom is -0.491 e. The van der Waals surface area contributed by atoms with Crippen LogP contribution in [0.5, 0.6) is 5.75 Å². The van der Waals surface area contributed by atoms with Gasteiger partial charge in [-0.1, -0.05) is 36.4 Å². The first-order valence-corrected chi connectivity index (χ1v) is 7.40. The second-order valence-corrected chi connectivity index (χ2v) is 5.21. The van der Waals surface area contributed by atoms with Gasteiger partial charge in [-0.25, -0.2) is 0 Å². The molecular weight excluding hydrogens is 314 g/mol. The monoisotopic (exact) mass is 331 g/mol. The maximum absolute atomic E-state index is 5.83. The topological polar surface area (TPSA) is 21.3 Å². The average molecular weight is 332 g/mol. The summed E-state index contributed by atoms with van der Waals surface area (Å²) in [6.07, 6.45) is 2.72. The van der Waals surface area contributed by atoms with E-state index in [1.54, 1.807) is 0 Å². The number of halogens is 1. The van der Waals surface area contributed by atoms with Gasteiger partial charge in [0.1, 0.15) is 12.4 Å². The maximum atomic E-state index is 5.83. The van der Waals surface area contributed by atoms with Crippen molar-refractivity contribution in [2.24, 2.45) is 0 Å². The van der Waals surface area contributed by atoms with Crippen molar-refractivity contribution in [1.82, 2.24) is 0 Å². The molecule has 2 aromatic rings. The van der Waals surface area contributed by atoms with Crippen molar-refractivity contribution in [3.05, 3.63) is 71.2 Å². The molecule has 2 rings (SSSR count). The van der Waals surface area contributed by atoms with Crippen molar-refractivity contribution in [1.29, 1.82) is 0 Å². The van der Waals surface area contributed by atoms with Crippen LogP contribution in [0.4, 0.5) is 5.69 Å². The number of hydrogen-bond donors (Lipinski definition) is 1. The summed E-state index contributed by atoms with van der Waals surface area (Å²) in [4.78, 5) is 0. The molecule has 0 radical (unpaired) electrons. The van der Waals surface area contributed by atoms with Crippen LogP contribution in [0, 0.1) is 0 Å². The molecule has 0 aliphatic carbocycles. The lowest BCUT2D eigenvalue weighted by atomic mass is 10.1. The van der Waals surface area contributed by atoms with Crippen molar-refractivity contribution >= 4 is 21.6 Å². The highest BCUT2D eigenvalue weighted by atomic mass is 79.9. The molecule has 1 N–H and O–H groups in total.